The summed E-state index contributed by atoms with van der Waals surface area (Å²) in [4.78, 5) is 0. The average Bonchev–Trinajstić information content (AvgIpc) is 2.99. The summed E-state index contributed by atoms with van der Waals surface area (Å²) in [6, 6.07) is 0. The van der Waals surface area contributed by atoms with E-state index in [4.69, 9.17) is 0 Å². The van der Waals surface area contributed by atoms with Crippen LogP contribution in [0, 0.1) is 0 Å². The van der Waals surface area contributed by atoms with E-state index in [0.717, 1.165) is 6.54 Å². The third-order valence-electron chi connectivity index (χ3n) is 5.50. The van der Waals surface area contributed by atoms with E-state index in [9.17, 15) is 0 Å². The van der Waals surface area contributed by atoms with Gasteiger partial charge < -0.3 is 17.0 Å². The van der Waals surface area contributed by atoms with E-state index < -0.39 is 0 Å². The molecule has 0 saturated carbocycles. The minimum Gasteiger partial charge on any atom is -1.00 e. The number of hydrogen-bond donors (Lipinski definition) is 1. The maximum atomic E-state index is 3.50. The Kier molecular flexibility index (Phi) is 18.7. The Morgan fingerprint density at radius 2 is 1.08 bits per heavy atom. The van der Waals surface area contributed by atoms with Gasteiger partial charge >= 0.3 is 0 Å². The molecule has 3 heteroatoms. The van der Waals surface area contributed by atoms with Crippen molar-refractivity contribution in [1.82, 2.24) is 5.32 Å². The summed E-state index contributed by atoms with van der Waals surface area (Å²) < 4.78 is 2.38. The molecule has 1 heterocycles. The van der Waals surface area contributed by atoms with Crippen molar-refractivity contribution < 1.29 is 21.6 Å². The van der Waals surface area contributed by atoms with Gasteiger partial charge in [0.1, 0.15) is 13.1 Å². The fraction of sp³-hybridized carbons (Fsp3) is 0.955. The fourth-order valence-corrected chi connectivity index (χ4v) is 3.76. The number of nitrogens with one attached hydrogen (secondary N) is 1. The molecule has 0 fully saturated rings. The van der Waals surface area contributed by atoms with Crippen molar-refractivity contribution in [2.24, 2.45) is 0 Å². The van der Waals surface area contributed by atoms with Crippen LogP contribution in [0.1, 0.15) is 116 Å². The van der Waals surface area contributed by atoms with Crippen molar-refractivity contribution in [3.63, 3.8) is 0 Å². The minimum absolute atomic E-state index is 0. The number of nitrogens with zero attached hydrogens (tertiary/aromatic N) is 1. The summed E-state index contributed by atoms with van der Waals surface area (Å²) in [5, 5.41) is 3.50. The van der Waals surface area contributed by atoms with Crippen LogP contribution < -0.4 is 22.3 Å². The van der Waals surface area contributed by atoms with Crippen LogP contribution in [0.25, 0.3) is 0 Å². The highest BCUT2D eigenvalue weighted by Gasteiger charge is 2.15. The van der Waals surface area contributed by atoms with Crippen LogP contribution >= 0.6 is 0 Å². The predicted molar refractivity (Wildman–Crippen MR) is 108 cm³/mol. The van der Waals surface area contributed by atoms with Crippen LogP contribution in [-0.4, -0.2) is 30.5 Å². The van der Waals surface area contributed by atoms with Gasteiger partial charge in [-0.15, -0.1) is 0 Å². The molecule has 0 aromatic carbocycles. The Bertz CT molecular complexity index is 315. The van der Waals surface area contributed by atoms with E-state index in [-0.39, 0.29) is 17.0 Å². The van der Waals surface area contributed by atoms with Crippen LogP contribution in [0.15, 0.2) is 0 Å². The molecule has 1 rings (SSSR count). The molecule has 25 heavy (non-hydrogen) atoms. The van der Waals surface area contributed by atoms with Crippen molar-refractivity contribution in [1.29, 1.82) is 0 Å². The Hall–Kier alpha value is -0.0500. The normalized spacial score (nSPS) is 13.8. The molecular formula is C22H45BrN2. The topological polar surface area (TPSA) is 15.0 Å². The molecule has 0 amide bonds. The smallest absolute Gasteiger partial charge is 0.244 e. The number of rotatable bonds is 17. The van der Waals surface area contributed by atoms with Gasteiger partial charge in [0.25, 0.3) is 0 Å². The highest BCUT2D eigenvalue weighted by Crippen LogP contribution is 2.14. The van der Waals surface area contributed by atoms with Gasteiger partial charge in [-0.3, -0.25) is 9.89 Å². The van der Waals surface area contributed by atoms with Gasteiger partial charge in [0.2, 0.25) is 5.84 Å². The van der Waals surface area contributed by atoms with Crippen molar-refractivity contribution >= 4 is 5.84 Å². The Labute approximate surface area is 169 Å². The first-order valence-electron chi connectivity index (χ1n) is 11.2. The standard InChI is InChI=1S/C22H44N2.BrH/c1-3-4-5-6-7-8-9-10-11-12-13-14-15-16-17-18-19-22-23-20-21-24(22)2;/h3-21H2,1-2H3;1H. The lowest BCUT2D eigenvalue weighted by Gasteiger charge is -2.03. The number of hydrogen-bond acceptors (Lipinski definition) is 1. The molecule has 2 nitrogen and oxygen atoms in total. The molecule has 0 aromatic heterocycles. The van der Waals surface area contributed by atoms with Crippen molar-refractivity contribution in [3.05, 3.63) is 0 Å². The number of halogens is 1. The first kappa shape index (κ1) is 24.9. The van der Waals surface area contributed by atoms with Crippen LogP contribution in [0.5, 0.6) is 0 Å². The zero-order chi connectivity index (χ0) is 17.3. The number of amidine groups is 1. The molecule has 1 aliphatic heterocycles. The van der Waals surface area contributed by atoms with Gasteiger partial charge in [0.05, 0.1) is 7.05 Å². The molecule has 0 saturated heterocycles. The monoisotopic (exact) mass is 416 g/mol. The zero-order valence-electron chi connectivity index (χ0n) is 17.3. The molecule has 150 valence electrons. The second-order valence-electron chi connectivity index (χ2n) is 7.85. The Balaban J connectivity index is 0.00000576. The summed E-state index contributed by atoms with van der Waals surface area (Å²) in [5.74, 6) is 1.47. The molecule has 0 radical (unpaired) electrons. The van der Waals surface area contributed by atoms with Gasteiger partial charge in [-0.05, 0) is 6.42 Å². The second kappa shape index (κ2) is 18.7. The lowest BCUT2D eigenvalue weighted by molar-refractivity contribution is -0.487. The number of likely N-dealkylation sites (N-methyl/N-ethyl adjacent to an activating group) is 1. The van der Waals surface area contributed by atoms with Gasteiger partial charge in [-0.2, -0.15) is 0 Å². The minimum atomic E-state index is 0. The molecule has 1 N–H and O–H groups in total. The van der Waals surface area contributed by atoms with E-state index in [1.165, 1.54) is 122 Å². The molecule has 0 atom stereocenters. The van der Waals surface area contributed by atoms with Gasteiger partial charge in [0, 0.05) is 6.42 Å². The third-order valence-corrected chi connectivity index (χ3v) is 5.50. The van der Waals surface area contributed by atoms with E-state index >= 15 is 0 Å². The van der Waals surface area contributed by atoms with Gasteiger partial charge in [0.15, 0.2) is 0 Å². The SMILES string of the molecule is CCCCCCCCCCCCCCCCCCC1=[N+](C)CCN1.[Br-]. The molecule has 0 unspecified atom stereocenters. The third kappa shape index (κ3) is 14.8. The molecule has 0 aliphatic carbocycles. The molecule has 1 aliphatic rings. The Morgan fingerprint density at radius 1 is 0.680 bits per heavy atom. The summed E-state index contributed by atoms with van der Waals surface area (Å²) >= 11 is 0. The van der Waals surface area contributed by atoms with Crippen molar-refractivity contribution in [2.75, 3.05) is 20.1 Å². The first-order chi connectivity index (χ1) is 11.8. The molecule has 0 aromatic rings. The van der Waals surface area contributed by atoms with E-state index in [1.54, 1.807) is 0 Å². The van der Waals surface area contributed by atoms with Crippen molar-refractivity contribution in [3.8, 4) is 0 Å². The summed E-state index contributed by atoms with van der Waals surface area (Å²) in [6.45, 7) is 4.63. The summed E-state index contributed by atoms with van der Waals surface area (Å²) in [5.41, 5.74) is 0. The molecule has 0 spiro atoms. The zero-order valence-corrected chi connectivity index (χ0v) is 18.8. The predicted octanol–water partition coefficient (Wildman–Crippen LogP) is 3.29. The summed E-state index contributed by atoms with van der Waals surface area (Å²) in [7, 11) is 2.21. The van der Waals surface area contributed by atoms with Crippen LogP contribution in [0.4, 0.5) is 0 Å². The summed E-state index contributed by atoms with van der Waals surface area (Å²) in [6.07, 6.45) is 24.5. The highest BCUT2D eigenvalue weighted by molar-refractivity contribution is 5.78. The lowest BCUT2D eigenvalue weighted by Crippen LogP contribution is -3.00. The van der Waals surface area contributed by atoms with E-state index in [0.29, 0.717) is 0 Å². The maximum absolute atomic E-state index is 3.50. The first-order valence-corrected chi connectivity index (χ1v) is 11.2. The lowest BCUT2D eigenvalue weighted by atomic mass is 10.0. The van der Waals surface area contributed by atoms with Crippen LogP contribution in [0.3, 0.4) is 0 Å². The average molecular weight is 418 g/mol. The Morgan fingerprint density at radius 3 is 1.44 bits per heavy atom. The van der Waals surface area contributed by atoms with Crippen LogP contribution in [0.2, 0.25) is 0 Å². The van der Waals surface area contributed by atoms with Gasteiger partial charge in [-0.25, -0.2) is 0 Å². The van der Waals surface area contributed by atoms with E-state index in [1.807, 2.05) is 0 Å². The van der Waals surface area contributed by atoms with Gasteiger partial charge in [-0.1, -0.05) is 103 Å². The maximum Gasteiger partial charge on any atom is 0.244 e. The fourth-order valence-electron chi connectivity index (χ4n) is 3.76. The van der Waals surface area contributed by atoms with Crippen molar-refractivity contribution in [2.45, 2.75) is 116 Å². The molecular weight excluding hydrogens is 372 g/mol. The number of unbranched alkanes of at least 4 members (excludes halogenated alkanes) is 15. The highest BCUT2D eigenvalue weighted by atomic mass is 79.9. The molecule has 0 bridgehead atoms. The second-order valence-corrected chi connectivity index (χ2v) is 7.85. The van der Waals surface area contributed by atoms with E-state index in [2.05, 4.69) is 23.9 Å². The quantitative estimate of drug-likeness (QED) is 0.284. The largest absolute Gasteiger partial charge is 1.00 e. The van der Waals surface area contributed by atoms with Crippen LogP contribution in [-0.2, 0) is 0 Å².